The van der Waals surface area contributed by atoms with Crippen LogP contribution in [0.15, 0.2) is 18.2 Å². The molecule has 0 saturated heterocycles. The Labute approximate surface area is 102 Å². The van der Waals surface area contributed by atoms with Crippen molar-refractivity contribution in [3.8, 4) is 0 Å². The van der Waals surface area contributed by atoms with Crippen molar-refractivity contribution in [2.45, 2.75) is 45.3 Å². The lowest BCUT2D eigenvalue weighted by Crippen LogP contribution is -2.42. The smallest absolute Gasteiger partial charge is 0.123 e. The van der Waals surface area contributed by atoms with Crippen LogP contribution in [0.25, 0.3) is 0 Å². The van der Waals surface area contributed by atoms with E-state index in [1.54, 1.807) is 13.2 Å². The first-order chi connectivity index (χ1) is 7.92. The zero-order valence-electron chi connectivity index (χ0n) is 11.0. The van der Waals surface area contributed by atoms with Crippen molar-refractivity contribution in [2.24, 2.45) is 0 Å². The maximum absolute atomic E-state index is 13.0. The average molecular weight is 240 g/mol. The minimum atomic E-state index is -0.596. The Morgan fingerprint density at radius 2 is 2.12 bits per heavy atom. The highest BCUT2D eigenvalue weighted by atomic mass is 19.1. The van der Waals surface area contributed by atoms with Gasteiger partial charge in [0.25, 0.3) is 0 Å². The summed E-state index contributed by atoms with van der Waals surface area (Å²) in [5.74, 6) is -0.245. The van der Waals surface area contributed by atoms with Crippen LogP contribution in [0.3, 0.4) is 0 Å². The lowest BCUT2D eigenvalue weighted by Gasteiger charge is -2.32. The number of hydrogen-bond donors (Lipinski definition) is 1. The van der Waals surface area contributed by atoms with E-state index < -0.39 is 11.7 Å². The van der Waals surface area contributed by atoms with Gasteiger partial charge in [0.2, 0.25) is 0 Å². The van der Waals surface area contributed by atoms with E-state index in [-0.39, 0.29) is 5.82 Å². The molecule has 0 amide bonds. The number of aliphatic hydroxyl groups is 1. The Morgan fingerprint density at radius 1 is 1.47 bits per heavy atom. The fourth-order valence-corrected chi connectivity index (χ4v) is 1.83. The maximum Gasteiger partial charge on any atom is 0.123 e. The number of benzene rings is 1. The second kappa shape index (κ2) is 5.61. The molecule has 0 radical (unpaired) electrons. The van der Waals surface area contributed by atoms with Gasteiger partial charge < -0.3 is 9.84 Å². The summed E-state index contributed by atoms with van der Waals surface area (Å²) in [4.78, 5) is 0. The first kappa shape index (κ1) is 14.1. The number of aryl methyl sites for hydroxylation is 1. The third-order valence-electron chi connectivity index (χ3n) is 3.59. The molecule has 2 unspecified atom stereocenters. The maximum atomic E-state index is 13.0. The first-order valence-electron chi connectivity index (χ1n) is 5.91. The molecule has 0 bridgehead atoms. The van der Waals surface area contributed by atoms with Crippen LogP contribution in [0.1, 0.15) is 31.4 Å². The lowest BCUT2D eigenvalue weighted by atomic mass is 9.89. The van der Waals surface area contributed by atoms with E-state index in [9.17, 15) is 9.50 Å². The van der Waals surface area contributed by atoms with Crippen LogP contribution in [0.5, 0.6) is 0 Å². The van der Waals surface area contributed by atoms with Crippen LogP contribution in [-0.2, 0) is 11.2 Å². The Morgan fingerprint density at radius 3 is 2.59 bits per heavy atom. The van der Waals surface area contributed by atoms with E-state index in [0.717, 1.165) is 17.5 Å². The van der Waals surface area contributed by atoms with Crippen LogP contribution in [0.2, 0.25) is 0 Å². The summed E-state index contributed by atoms with van der Waals surface area (Å²) in [5.41, 5.74) is 1.26. The molecule has 2 atom stereocenters. The normalized spacial score (nSPS) is 16.6. The van der Waals surface area contributed by atoms with Crippen LogP contribution in [0.4, 0.5) is 4.39 Å². The summed E-state index contributed by atoms with van der Waals surface area (Å²) < 4.78 is 18.3. The van der Waals surface area contributed by atoms with Crippen molar-refractivity contribution in [3.05, 3.63) is 35.1 Å². The molecule has 1 N–H and O–H groups in total. The predicted molar refractivity (Wildman–Crippen MR) is 66.6 cm³/mol. The summed E-state index contributed by atoms with van der Waals surface area (Å²) >= 11 is 0. The third kappa shape index (κ3) is 3.27. The van der Waals surface area contributed by atoms with Crippen molar-refractivity contribution in [1.29, 1.82) is 0 Å². The molecule has 0 spiro atoms. The number of methoxy groups -OCH3 is 1. The Bertz CT molecular complexity index is 372. The molecule has 3 heteroatoms. The molecular weight excluding hydrogens is 219 g/mol. The molecule has 0 aliphatic carbocycles. The molecular formula is C14H21FO2. The van der Waals surface area contributed by atoms with Crippen molar-refractivity contribution in [1.82, 2.24) is 0 Å². The van der Waals surface area contributed by atoms with Gasteiger partial charge in [-0.15, -0.1) is 0 Å². The quantitative estimate of drug-likeness (QED) is 0.857. The molecule has 0 aromatic heterocycles. The fourth-order valence-electron chi connectivity index (χ4n) is 1.83. The van der Waals surface area contributed by atoms with E-state index in [2.05, 4.69) is 0 Å². The molecule has 2 nitrogen and oxygen atoms in total. The molecule has 0 aliphatic rings. The molecule has 0 aliphatic heterocycles. The van der Waals surface area contributed by atoms with Crippen molar-refractivity contribution >= 4 is 0 Å². The highest BCUT2D eigenvalue weighted by Crippen LogP contribution is 2.23. The summed E-state index contributed by atoms with van der Waals surface area (Å²) in [6, 6.07) is 4.63. The Hall–Kier alpha value is -0.930. The lowest BCUT2D eigenvalue weighted by molar-refractivity contribution is -0.0914. The van der Waals surface area contributed by atoms with Gasteiger partial charge in [-0.2, -0.15) is 0 Å². The standard InChI is InChI=1S/C14H21FO2/c1-5-14(3,17-4)13(16)9-11-6-7-12(15)8-10(11)2/h6-8,13,16H,5,9H2,1-4H3. The van der Waals surface area contributed by atoms with Crippen LogP contribution < -0.4 is 0 Å². The summed E-state index contributed by atoms with van der Waals surface area (Å²) in [5, 5.41) is 10.2. The van der Waals surface area contributed by atoms with Gasteiger partial charge in [0.15, 0.2) is 0 Å². The first-order valence-corrected chi connectivity index (χ1v) is 5.91. The minimum absolute atomic E-state index is 0.245. The van der Waals surface area contributed by atoms with Gasteiger partial charge in [-0.25, -0.2) is 4.39 Å². The molecule has 0 heterocycles. The molecule has 1 aromatic rings. The number of ether oxygens (including phenoxy) is 1. The van der Waals surface area contributed by atoms with Crippen molar-refractivity contribution in [3.63, 3.8) is 0 Å². The minimum Gasteiger partial charge on any atom is -0.390 e. The fraction of sp³-hybridized carbons (Fsp3) is 0.571. The van der Waals surface area contributed by atoms with Gasteiger partial charge in [-0.1, -0.05) is 13.0 Å². The SMILES string of the molecule is CCC(C)(OC)C(O)Cc1ccc(F)cc1C. The summed E-state index contributed by atoms with van der Waals surface area (Å²) in [6.45, 7) is 5.71. The van der Waals surface area contributed by atoms with Crippen LogP contribution in [-0.4, -0.2) is 23.9 Å². The molecule has 1 aromatic carbocycles. The summed E-state index contributed by atoms with van der Waals surface area (Å²) in [7, 11) is 1.60. The van der Waals surface area contributed by atoms with Crippen LogP contribution in [0, 0.1) is 12.7 Å². The van der Waals surface area contributed by atoms with E-state index in [1.807, 2.05) is 20.8 Å². The monoisotopic (exact) mass is 240 g/mol. The van der Waals surface area contributed by atoms with E-state index >= 15 is 0 Å². The third-order valence-corrected chi connectivity index (χ3v) is 3.59. The van der Waals surface area contributed by atoms with E-state index in [4.69, 9.17) is 4.74 Å². The Balaban J connectivity index is 2.84. The van der Waals surface area contributed by atoms with Gasteiger partial charge in [0, 0.05) is 13.5 Å². The van der Waals surface area contributed by atoms with Gasteiger partial charge in [0.1, 0.15) is 5.82 Å². The van der Waals surface area contributed by atoms with Crippen LogP contribution >= 0.6 is 0 Å². The zero-order valence-corrected chi connectivity index (χ0v) is 11.0. The van der Waals surface area contributed by atoms with Gasteiger partial charge in [-0.05, 0) is 43.5 Å². The largest absolute Gasteiger partial charge is 0.390 e. The molecule has 0 fully saturated rings. The summed E-state index contributed by atoms with van der Waals surface area (Å²) in [6.07, 6.45) is 0.608. The topological polar surface area (TPSA) is 29.5 Å². The van der Waals surface area contributed by atoms with E-state index in [0.29, 0.717) is 6.42 Å². The van der Waals surface area contributed by atoms with Gasteiger partial charge in [0.05, 0.1) is 11.7 Å². The number of hydrogen-bond acceptors (Lipinski definition) is 2. The molecule has 96 valence electrons. The van der Waals surface area contributed by atoms with Gasteiger partial charge in [-0.3, -0.25) is 0 Å². The van der Waals surface area contributed by atoms with E-state index in [1.165, 1.54) is 12.1 Å². The highest BCUT2D eigenvalue weighted by molar-refractivity contribution is 5.27. The molecule has 17 heavy (non-hydrogen) atoms. The van der Waals surface area contributed by atoms with Crippen molar-refractivity contribution in [2.75, 3.05) is 7.11 Å². The number of rotatable bonds is 5. The Kier molecular flexibility index (Phi) is 4.66. The van der Waals surface area contributed by atoms with Crippen molar-refractivity contribution < 1.29 is 14.2 Å². The second-order valence-corrected chi connectivity index (χ2v) is 4.66. The number of halogens is 1. The predicted octanol–water partition coefficient (Wildman–Crippen LogP) is 2.85. The molecule has 1 rings (SSSR count). The molecule has 0 saturated carbocycles. The second-order valence-electron chi connectivity index (χ2n) is 4.66. The number of aliphatic hydroxyl groups excluding tert-OH is 1. The highest BCUT2D eigenvalue weighted by Gasteiger charge is 2.31. The average Bonchev–Trinajstić information content (AvgIpc) is 2.31. The zero-order chi connectivity index (χ0) is 13.1. The van der Waals surface area contributed by atoms with Gasteiger partial charge >= 0.3 is 0 Å².